The normalized spacial score (nSPS) is 24.2. The zero-order valence-electron chi connectivity index (χ0n) is 11.6. The minimum absolute atomic E-state index is 0.242. The maximum Gasteiger partial charge on any atom is 0.324 e. The van der Waals surface area contributed by atoms with E-state index in [1.165, 1.54) is 11.3 Å². The van der Waals surface area contributed by atoms with E-state index in [9.17, 15) is 10.1 Å². The van der Waals surface area contributed by atoms with E-state index in [2.05, 4.69) is 31.1 Å². The first kappa shape index (κ1) is 14.4. The van der Waals surface area contributed by atoms with E-state index in [1.807, 2.05) is 6.07 Å². The quantitative estimate of drug-likeness (QED) is 0.666. The third kappa shape index (κ3) is 3.32. The lowest BCUT2D eigenvalue weighted by molar-refractivity contribution is -0.380. The Kier molecular flexibility index (Phi) is 4.54. The maximum atomic E-state index is 10.8. The zero-order valence-corrected chi connectivity index (χ0v) is 12.4. The van der Waals surface area contributed by atoms with Crippen molar-refractivity contribution in [3.8, 4) is 0 Å². The molecule has 106 valence electrons. The van der Waals surface area contributed by atoms with Crippen LogP contribution in [0.3, 0.4) is 0 Å². The minimum atomic E-state index is -0.301. The molecule has 1 aromatic rings. The number of hydrogen-bond acceptors (Lipinski definition) is 5. The number of thiophene rings is 1. The Morgan fingerprint density at radius 1 is 1.58 bits per heavy atom. The largest absolute Gasteiger partial charge is 0.324 e. The van der Waals surface area contributed by atoms with Gasteiger partial charge in [0.05, 0.1) is 4.92 Å². The fraction of sp³-hybridized carbons (Fsp3) is 0.692. The van der Waals surface area contributed by atoms with Crippen molar-refractivity contribution in [1.29, 1.82) is 0 Å². The lowest BCUT2D eigenvalue weighted by Gasteiger charge is -2.24. The molecular formula is C13H21N3O2S. The highest BCUT2D eigenvalue weighted by atomic mass is 32.1. The molecule has 2 unspecified atom stereocenters. The Bertz CT molecular complexity index is 447. The third-order valence-corrected chi connectivity index (χ3v) is 4.75. The molecule has 0 spiro atoms. The molecule has 1 aliphatic rings. The van der Waals surface area contributed by atoms with Gasteiger partial charge in [0.1, 0.15) is 0 Å². The summed E-state index contributed by atoms with van der Waals surface area (Å²) in [7, 11) is 2.10. The molecule has 5 nitrogen and oxygen atoms in total. The van der Waals surface area contributed by atoms with Gasteiger partial charge in [-0.1, -0.05) is 25.2 Å². The maximum absolute atomic E-state index is 10.8. The SMILES string of the molecule is CC(C)NCC1CCN(C)C1c1ccc([N+](=O)[O-])s1. The van der Waals surface area contributed by atoms with E-state index in [4.69, 9.17) is 0 Å². The van der Waals surface area contributed by atoms with Gasteiger partial charge in [0, 0.05) is 29.6 Å². The zero-order chi connectivity index (χ0) is 14.0. The minimum Gasteiger partial charge on any atom is -0.314 e. The number of hydrogen-bond donors (Lipinski definition) is 1. The number of rotatable bonds is 5. The first-order valence-electron chi connectivity index (χ1n) is 6.66. The molecule has 0 amide bonds. The van der Waals surface area contributed by atoms with Gasteiger partial charge in [0.2, 0.25) is 0 Å². The van der Waals surface area contributed by atoms with Crippen molar-refractivity contribution in [1.82, 2.24) is 10.2 Å². The fourth-order valence-corrected chi connectivity index (χ4v) is 3.76. The third-order valence-electron chi connectivity index (χ3n) is 3.65. The Morgan fingerprint density at radius 2 is 2.32 bits per heavy atom. The Morgan fingerprint density at radius 3 is 2.89 bits per heavy atom. The Balaban J connectivity index is 2.11. The molecule has 1 saturated heterocycles. The molecule has 2 heterocycles. The van der Waals surface area contributed by atoms with E-state index >= 15 is 0 Å². The van der Waals surface area contributed by atoms with Gasteiger partial charge in [-0.2, -0.15) is 0 Å². The average Bonchev–Trinajstić information content (AvgIpc) is 2.92. The van der Waals surface area contributed by atoms with Gasteiger partial charge in [-0.05, 0) is 32.0 Å². The van der Waals surface area contributed by atoms with Crippen LogP contribution >= 0.6 is 11.3 Å². The molecule has 0 radical (unpaired) electrons. The summed E-state index contributed by atoms with van der Waals surface area (Å²) in [5.74, 6) is 0.533. The molecule has 1 aliphatic heterocycles. The van der Waals surface area contributed by atoms with Crippen molar-refractivity contribution < 1.29 is 4.92 Å². The van der Waals surface area contributed by atoms with Crippen LogP contribution in [-0.4, -0.2) is 36.0 Å². The van der Waals surface area contributed by atoms with Crippen LogP contribution in [0.15, 0.2) is 12.1 Å². The second-order valence-electron chi connectivity index (χ2n) is 5.47. The number of nitro groups is 1. The van der Waals surface area contributed by atoms with Crippen molar-refractivity contribution in [2.75, 3.05) is 20.1 Å². The molecule has 2 rings (SSSR count). The molecule has 0 aliphatic carbocycles. The smallest absolute Gasteiger partial charge is 0.314 e. The summed E-state index contributed by atoms with van der Waals surface area (Å²) in [5.41, 5.74) is 0. The van der Waals surface area contributed by atoms with E-state index in [1.54, 1.807) is 6.07 Å². The number of nitrogens with zero attached hydrogens (tertiary/aromatic N) is 2. The lowest BCUT2D eigenvalue weighted by Crippen LogP contribution is -2.31. The van der Waals surface area contributed by atoms with Crippen LogP contribution < -0.4 is 5.32 Å². The van der Waals surface area contributed by atoms with Gasteiger partial charge in [0.15, 0.2) is 0 Å². The van der Waals surface area contributed by atoms with Gasteiger partial charge in [-0.25, -0.2) is 0 Å². The number of nitrogens with one attached hydrogen (secondary N) is 1. The summed E-state index contributed by atoms with van der Waals surface area (Å²) < 4.78 is 0. The molecule has 0 saturated carbocycles. The van der Waals surface area contributed by atoms with Crippen molar-refractivity contribution in [3.05, 3.63) is 27.1 Å². The summed E-state index contributed by atoms with van der Waals surface area (Å²) >= 11 is 1.31. The van der Waals surface area contributed by atoms with Crippen molar-refractivity contribution >= 4 is 16.3 Å². The molecule has 1 fully saturated rings. The monoisotopic (exact) mass is 283 g/mol. The second-order valence-corrected chi connectivity index (χ2v) is 6.56. The highest BCUT2D eigenvalue weighted by Crippen LogP contribution is 2.40. The standard InChI is InChI=1S/C13H21N3O2S/c1-9(2)14-8-10-6-7-15(3)13(10)11-4-5-12(19-11)16(17)18/h4-5,9-10,13-14H,6-8H2,1-3H3. The van der Waals surface area contributed by atoms with E-state index < -0.39 is 0 Å². The molecular weight excluding hydrogens is 262 g/mol. The Labute approximate surface area is 117 Å². The molecule has 0 bridgehead atoms. The Hall–Kier alpha value is -0.980. The van der Waals surface area contributed by atoms with Crippen LogP contribution in [0.5, 0.6) is 0 Å². The van der Waals surface area contributed by atoms with Crippen LogP contribution in [0.4, 0.5) is 5.00 Å². The second kappa shape index (κ2) is 5.98. The van der Waals surface area contributed by atoms with Crippen LogP contribution in [-0.2, 0) is 0 Å². The molecule has 2 atom stereocenters. The highest BCUT2D eigenvalue weighted by molar-refractivity contribution is 7.15. The average molecular weight is 283 g/mol. The molecule has 1 aromatic heterocycles. The topological polar surface area (TPSA) is 58.4 Å². The van der Waals surface area contributed by atoms with Crippen LogP contribution in [0.2, 0.25) is 0 Å². The fourth-order valence-electron chi connectivity index (χ4n) is 2.68. The summed E-state index contributed by atoms with van der Waals surface area (Å²) in [5, 5.41) is 14.5. The van der Waals surface area contributed by atoms with Crippen LogP contribution in [0.1, 0.15) is 31.2 Å². The summed E-state index contributed by atoms with van der Waals surface area (Å²) in [6.45, 7) is 6.31. The van der Waals surface area contributed by atoms with E-state index in [0.717, 1.165) is 24.4 Å². The van der Waals surface area contributed by atoms with Gasteiger partial charge < -0.3 is 5.32 Å². The predicted octanol–water partition coefficient (Wildman–Crippen LogP) is 2.65. The number of likely N-dealkylation sites (tertiary alicyclic amines) is 1. The van der Waals surface area contributed by atoms with E-state index in [-0.39, 0.29) is 9.92 Å². The van der Waals surface area contributed by atoms with Gasteiger partial charge in [0.25, 0.3) is 0 Å². The summed E-state index contributed by atoms with van der Waals surface area (Å²) in [6, 6.07) is 4.32. The molecule has 6 heteroatoms. The van der Waals surface area contributed by atoms with Crippen molar-refractivity contribution in [2.24, 2.45) is 5.92 Å². The van der Waals surface area contributed by atoms with Gasteiger partial charge in [-0.15, -0.1) is 0 Å². The molecule has 19 heavy (non-hydrogen) atoms. The van der Waals surface area contributed by atoms with Crippen LogP contribution in [0.25, 0.3) is 0 Å². The van der Waals surface area contributed by atoms with Crippen molar-refractivity contribution in [2.45, 2.75) is 32.4 Å². The predicted molar refractivity (Wildman–Crippen MR) is 77.6 cm³/mol. The van der Waals surface area contributed by atoms with E-state index in [0.29, 0.717) is 18.0 Å². The molecule has 1 N–H and O–H groups in total. The summed E-state index contributed by atoms with van der Waals surface area (Å²) in [4.78, 5) is 13.9. The first-order valence-corrected chi connectivity index (χ1v) is 7.48. The lowest BCUT2D eigenvalue weighted by atomic mass is 9.99. The van der Waals surface area contributed by atoms with Gasteiger partial charge in [-0.3, -0.25) is 15.0 Å². The van der Waals surface area contributed by atoms with Gasteiger partial charge >= 0.3 is 5.00 Å². The van der Waals surface area contributed by atoms with Crippen molar-refractivity contribution in [3.63, 3.8) is 0 Å². The van der Waals surface area contributed by atoms with Crippen LogP contribution in [0, 0.1) is 16.0 Å². The molecule has 0 aromatic carbocycles. The first-order chi connectivity index (χ1) is 8.99. The highest BCUT2D eigenvalue weighted by Gasteiger charge is 2.34. The summed E-state index contributed by atoms with van der Waals surface area (Å²) in [6.07, 6.45) is 1.15.